The first-order valence-electron chi connectivity index (χ1n) is 22.7. The normalized spacial score (nSPS) is 16.0. The smallest absolute Gasteiger partial charge is 0.163 e. The van der Waals surface area contributed by atoms with Crippen molar-refractivity contribution in [1.82, 2.24) is 0 Å². The van der Waals surface area contributed by atoms with Crippen molar-refractivity contribution in [1.29, 1.82) is 0 Å². The second-order valence-corrected chi connectivity index (χ2v) is 16.0. The largest absolute Gasteiger partial charge is 0.394 e. The molecule has 0 aromatic heterocycles. The van der Waals surface area contributed by atoms with Crippen molar-refractivity contribution in [3.05, 3.63) is 0 Å². The Morgan fingerprint density at radius 3 is 1.12 bits per heavy atom. The highest BCUT2D eigenvalue weighted by atomic mass is 16.7. The number of unbranched alkanes of at least 4 members (excludes halogenated alkanes) is 30. The predicted octanol–water partition coefficient (Wildman–Crippen LogP) is 13.0. The Labute approximate surface area is 319 Å². The first kappa shape index (κ1) is 50.8. The highest BCUT2D eigenvalue weighted by Crippen LogP contribution is 2.22. The molecule has 0 unspecified atom stereocenters. The highest BCUT2D eigenvalue weighted by Gasteiger charge is 2.32. The fraction of sp³-hybridized carbons (Fsp3) is 1.00. The van der Waals surface area contributed by atoms with E-state index in [0.29, 0.717) is 19.8 Å². The van der Waals surface area contributed by atoms with Gasteiger partial charge >= 0.3 is 0 Å². The predicted molar refractivity (Wildman–Crippen MR) is 219 cm³/mol. The van der Waals surface area contributed by atoms with Crippen molar-refractivity contribution in [2.24, 2.45) is 0 Å². The number of hydrogen-bond acceptors (Lipinski definition) is 6. The summed E-state index contributed by atoms with van der Waals surface area (Å²) in [5.74, 6) is -0.428. The number of aliphatic hydroxyl groups excluding tert-OH is 2. The zero-order chi connectivity index (χ0) is 37.4. The van der Waals surface area contributed by atoms with E-state index in [1.54, 1.807) is 0 Å². The molecule has 1 aliphatic rings. The second-order valence-electron chi connectivity index (χ2n) is 16.0. The molecule has 0 saturated carbocycles. The second kappa shape index (κ2) is 40.9. The third kappa shape index (κ3) is 40.8. The fourth-order valence-corrected chi connectivity index (χ4v) is 6.84. The lowest BCUT2D eigenvalue weighted by Crippen LogP contribution is -2.24. The molecule has 0 amide bonds. The van der Waals surface area contributed by atoms with E-state index in [-0.39, 0.29) is 19.3 Å². The van der Waals surface area contributed by atoms with Gasteiger partial charge in [0.15, 0.2) is 5.79 Å². The molecule has 308 valence electrons. The van der Waals surface area contributed by atoms with Crippen LogP contribution in [0.4, 0.5) is 0 Å². The first-order valence-corrected chi connectivity index (χ1v) is 22.7. The molecule has 0 aromatic rings. The van der Waals surface area contributed by atoms with Crippen LogP contribution in [0.15, 0.2) is 0 Å². The van der Waals surface area contributed by atoms with Crippen molar-refractivity contribution in [2.75, 3.05) is 39.6 Å². The molecule has 1 aliphatic heterocycles. The van der Waals surface area contributed by atoms with Crippen LogP contribution in [0, 0.1) is 0 Å². The fourth-order valence-electron chi connectivity index (χ4n) is 6.84. The third-order valence-corrected chi connectivity index (χ3v) is 10.2. The van der Waals surface area contributed by atoms with E-state index in [0.717, 1.165) is 13.0 Å². The molecule has 0 aliphatic carbocycles. The van der Waals surface area contributed by atoms with E-state index in [9.17, 15) is 0 Å². The van der Waals surface area contributed by atoms with Gasteiger partial charge in [0.05, 0.1) is 26.4 Å². The Morgan fingerprint density at radius 1 is 0.510 bits per heavy atom. The quantitative estimate of drug-likeness (QED) is 0.0614. The lowest BCUT2D eigenvalue weighted by Gasteiger charge is -2.17. The molecule has 1 heterocycles. The summed E-state index contributed by atoms with van der Waals surface area (Å²) in [6, 6.07) is 0. The maximum atomic E-state index is 9.12. The van der Waals surface area contributed by atoms with Gasteiger partial charge in [-0.2, -0.15) is 0 Å². The number of rotatable bonds is 39. The lowest BCUT2D eigenvalue weighted by atomic mass is 10.0. The summed E-state index contributed by atoms with van der Waals surface area (Å²) in [6.45, 7) is 11.4. The van der Waals surface area contributed by atoms with E-state index in [4.69, 9.17) is 29.2 Å². The van der Waals surface area contributed by atoms with Crippen LogP contribution in [0.25, 0.3) is 0 Å². The van der Waals surface area contributed by atoms with E-state index < -0.39 is 11.9 Å². The van der Waals surface area contributed by atoms with Crippen LogP contribution in [-0.2, 0) is 18.9 Å². The molecule has 0 bridgehead atoms. The molecular formula is C45H92O6. The van der Waals surface area contributed by atoms with Crippen LogP contribution < -0.4 is 0 Å². The molecular weight excluding hydrogens is 636 g/mol. The minimum Gasteiger partial charge on any atom is -0.394 e. The molecule has 2 N–H and O–H groups in total. The lowest BCUT2D eigenvalue weighted by molar-refractivity contribution is -0.145. The minimum absolute atomic E-state index is 0.112. The molecule has 0 aromatic carbocycles. The third-order valence-electron chi connectivity index (χ3n) is 10.2. The Hall–Kier alpha value is -0.240. The molecule has 0 radical (unpaired) electrons. The molecule has 6 heteroatoms. The summed E-state index contributed by atoms with van der Waals surface area (Å²) in [6.07, 6.45) is 43.9. The average molecular weight is 729 g/mol. The zero-order valence-corrected chi connectivity index (χ0v) is 35.1. The van der Waals surface area contributed by atoms with Crippen LogP contribution in [0.1, 0.15) is 233 Å². The van der Waals surface area contributed by atoms with Gasteiger partial charge in [-0.3, -0.25) is 0 Å². The Kier molecular flexibility index (Phi) is 40.7. The van der Waals surface area contributed by atoms with Crippen LogP contribution in [-0.4, -0.2) is 67.8 Å². The number of aliphatic hydroxyl groups is 2. The van der Waals surface area contributed by atoms with Gasteiger partial charge in [0, 0.05) is 13.2 Å². The SMILES string of the molecule is CCCCCCCCCCCCCCCCCCOC[C@@H](O)CO.CCCCCCCCCCCCCCCCCCOC[C@@H]1COC(C)(C)O1. The summed E-state index contributed by atoms with van der Waals surface area (Å²) in [5.41, 5.74) is 0. The van der Waals surface area contributed by atoms with Crippen LogP contribution in [0.5, 0.6) is 0 Å². The van der Waals surface area contributed by atoms with Crippen molar-refractivity contribution < 1.29 is 29.2 Å². The monoisotopic (exact) mass is 729 g/mol. The van der Waals surface area contributed by atoms with Crippen molar-refractivity contribution in [3.8, 4) is 0 Å². The van der Waals surface area contributed by atoms with Gasteiger partial charge in [-0.05, 0) is 26.7 Å². The molecule has 1 rings (SSSR count). The van der Waals surface area contributed by atoms with Gasteiger partial charge < -0.3 is 29.2 Å². The molecule has 6 nitrogen and oxygen atoms in total. The van der Waals surface area contributed by atoms with Crippen LogP contribution >= 0.6 is 0 Å². The van der Waals surface area contributed by atoms with Gasteiger partial charge in [-0.1, -0.05) is 206 Å². The number of ether oxygens (including phenoxy) is 4. The van der Waals surface area contributed by atoms with Crippen LogP contribution in [0.2, 0.25) is 0 Å². The van der Waals surface area contributed by atoms with Crippen molar-refractivity contribution in [2.45, 2.75) is 251 Å². The Morgan fingerprint density at radius 2 is 0.824 bits per heavy atom. The van der Waals surface area contributed by atoms with Gasteiger partial charge in [0.1, 0.15) is 12.2 Å². The van der Waals surface area contributed by atoms with E-state index >= 15 is 0 Å². The minimum atomic E-state index is -0.717. The molecule has 1 saturated heterocycles. The van der Waals surface area contributed by atoms with E-state index in [2.05, 4.69) is 13.8 Å². The summed E-state index contributed by atoms with van der Waals surface area (Å²) >= 11 is 0. The van der Waals surface area contributed by atoms with Crippen molar-refractivity contribution >= 4 is 0 Å². The van der Waals surface area contributed by atoms with Gasteiger partial charge in [0.2, 0.25) is 0 Å². The molecule has 2 atom stereocenters. The van der Waals surface area contributed by atoms with Gasteiger partial charge in [0.25, 0.3) is 0 Å². The van der Waals surface area contributed by atoms with Crippen molar-refractivity contribution in [3.63, 3.8) is 0 Å². The van der Waals surface area contributed by atoms with Gasteiger partial charge in [-0.15, -0.1) is 0 Å². The summed E-state index contributed by atoms with van der Waals surface area (Å²) in [7, 11) is 0. The topological polar surface area (TPSA) is 77.4 Å². The van der Waals surface area contributed by atoms with E-state index in [1.807, 2.05) is 13.8 Å². The standard InChI is InChI=1S/C24H48O3.C21H44O3/c1-4-5-6-7-8-9-10-11-12-13-14-15-16-17-18-19-20-25-21-23-22-26-24(2,3)27-23;1-2-3-4-5-6-7-8-9-10-11-12-13-14-15-16-17-18-24-20-21(23)19-22/h23H,4-22H2,1-3H3;21-23H,2-20H2,1H3/t23-;21-/m10/s1. The Bertz CT molecular complexity index is 644. The molecule has 0 spiro atoms. The maximum Gasteiger partial charge on any atom is 0.163 e. The zero-order valence-electron chi connectivity index (χ0n) is 35.1. The average Bonchev–Trinajstić information content (AvgIpc) is 3.48. The summed E-state index contributed by atoms with van der Waals surface area (Å²) in [4.78, 5) is 0. The van der Waals surface area contributed by atoms with E-state index in [1.165, 1.54) is 199 Å². The first-order chi connectivity index (χ1) is 24.9. The Balaban J connectivity index is 0.000000988. The summed E-state index contributed by atoms with van der Waals surface area (Å²) in [5, 5.41) is 17.8. The summed E-state index contributed by atoms with van der Waals surface area (Å²) < 4.78 is 22.3. The highest BCUT2D eigenvalue weighted by molar-refractivity contribution is 4.70. The number of hydrogen-bond donors (Lipinski definition) is 2. The molecule has 1 fully saturated rings. The van der Waals surface area contributed by atoms with Crippen LogP contribution in [0.3, 0.4) is 0 Å². The van der Waals surface area contributed by atoms with Gasteiger partial charge in [-0.25, -0.2) is 0 Å². The molecule has 51 heavy (non-hydrogen) atoms. The maximum absolute atomic E-state index is 9.12.